The van der Waals surface area contributed by atoms with E-state index in [4.69, 9.17) is 4.74 Å². The summed E-state index contributed by atoms with van der Waals surface area (Å²) in [6.07, 6.45) is 4.09. The van der Waals surface area contributed by atoms with Gasteiger partial charge in [-0.3, -0.25) is 10.1 Å². The van der Waals surface area contributed by atoms with Gasteiger partial charge in [-0.05, 0) is 30.9 Å². The van der Waals surface area contributed by atoms with Gasteiger partial charge in [0, 0.05) is 32.0 Å². The first-order valence-corrected chi connectivity index (χ1v) is 8.81. The van der Waals surface area contributed by atoms with Crippen molar-refractivity contribution in [3.63, 3.8) is 0 Å². The second-order valence-corrected chi connectivity index (χ2v) is 7.05. The lowest BCUT2D eigenvalue weighted by Crippen LogP contribution is -2.34. The van der Waals surface area contributed by atoms with Crippen molar-refractivity contribution >= 4 is 28.2 Å². The van der Waals surface area contributed by atoms with Crippen molar-refractivity contribution in [3.05, 3.63) is 28.9 Å². The number of amides is 1. The number of piperidine rings is 1. The molecule has 8 heteroatoms. The summed E-state index contributed by atoms with van der Waals surface area (Å²) in [5, 5.41) is 11.9. The molecule has 3 heterocycles. The maximum atomic E-state index is 12.4. The molecular weight excluding hydrogens is 326 g/mol. The predicted molar refractivity (Wildman–Crippen MR) is 93.4 cm³/mol. The highest BCUT2D eigenvalue weighted by atomic mass is 32.1. The third kappa shape index (κ3) is 4.07. The molecular formula is C16H21N5O2S. The van der Waals surface area contributed by atoms with Crippen molar-refractivity contribution in [1.29, 1.82) is 0 Å². The van der Waals surface area contributed by atoms with Crippen LogP contribution in [0.5, 0.6) is 0 Å². The first-order chi connectivity index (χ1) is 11.7. The van der Waals surface area contributed by atoms with E-state index in [-0.39, 0.29) is 5.91 Å². The first kappa shape index (κ1) is 16.8. The van der Waals surface area contributed by atoms with Crippen LogP contribution < -0.4 is 10.2 Å². The Labute approximate surface area is 145 Å². The zero-order valence-corrected chi connectivity index (χ0v) is 14.7. The zero-order valence-electron chi connectivity index (χ0n) is 13.9. The molecule has 1 atom stereocenters. The number of ether oxygens (including phenoxy) is 1. The van der Waals surface area contributed by atoms with Crippen LogP contribution in [0.1, 0.15) is 35.1 Å². The highest BCUT2D eigenvalue weighted by molar-refractivity contribution is 7.15. The Morgan fingerprint density at radius 2 is 2.38 bits per heavy atom. The largest absolute Gasteiger partial charge is 0.377 e. The molecule has 1 aliphatic heterocycles. The summed E-state index contributed by atoms with van der Waals surface area (Å²) in [4.78, 5) is 19.1. The lowest BCUT2D eigenvalue weighted by atomic mass is 10.0. The minimum Gasteiger partial charge on any atom is -0.377 e. The zero-order chi connectivity index (χ0) is 16.9. The topological polar surface area (TPSA) is 80.2 Å². The SMILES string of the molecule is COCc1nnc(NC(=O)c2ccnc(N3CCC[C@@H](C)C3)c2)s1. The number of aromatic nitrogens is 3. The van der Waals surface area contributed by atoms with Crippen LogP contribution in [-0.4, -0.2) is 41.3 Å². The van der Waals surface area contributed by atoms with Gasteiger partial charge < -0.3 is 9.64 Å². The summed E-state index contributed by atoms with van der Waals surface area (Å²) in [5.74, 6) is 1.30. The minimum atomic E-state index is -0.205. The van der Waals surface area contributed by atoms with Crippen LogP contribution >= 0.6 is 11.3 Å². The van der Waals surface area contributed by atoms with E-state index < -0.39 is 0 Å². The van der Waals surface area contributed by atoms with Crippen molar-refractivity contribution in [2.45, 2.75) is 26.4 Å². The van der Waals surface area contributed by atoms with E-state index in [0.29, 0.717) is 23.2 Å². The average molecular weight is 347 g/mol. The Morgan fingerprint density at radius 1 is 1.50 bits per heavy atom. The van der Waals surface area contributed by atoms with Gasteiger partial charge in [-0.1, -0.05) is 18.3 Å². The summed E-state index contributed by atoms with van der Waals surface area (Å²) >= 11 is 1.31. The summed E-state index contributed by atoms with van der Waals surface area (Å²) < 4.78 is 5.00. The molecule has 128 valence electrons. The van der Waals surface area contributed by atoms with Crippen LogP contribution in [0.4, 0.5) is 10.9 Å². The second-order valence-electron chi connectivity index (χ2n) is 5.98. The predicted octanol–water partition coefficient (Wildman–Crippen LogP) is 2.57. The van der Waals surface area contributed by atoms with E-state index in [2.05, 4.69) is 32.3 Å². The molecule has 1 saturated heterocycles. The fourth-order valence-corrected chi connectivity index (χ4v) is 3.49. The van der Waals surface area contributed by atoms with Crippen molar-refractivity contribution < 1.29 is 9.53 Å². The fraction of sp³-hybridized carbons (Fsp3) is 0.500. The van der Waals surface area contributed by atoms with Gasteiger partial charge in [-0.15, -0.1) is 10.2 Å². The first-order valence-electron chi connectivity index (χ1n) is 7.99. The molecule has 0 aliphatic carbocycles. The molecule has 1 amide bonds. The maximum absolute atomic E-state index is 12.4. The van der Waals surface area contributed by atoms with Gasteiger partial charge in [0.05, 0.1) is 0 Å². The number of nitrogens with zero attached hydrogens (tertiary/aromatic N) is 4. The third-order valence-electron chi connectivity index (χ3n) is 3.94. The van der Waals surface area contributed by atoms with E-state index in [1.807, 2.05) is 6.07 Å². The van der Waals surface area contributed by atoms with Gasteiger partial charge in [0.1, 0.15) is 17.4 Å². The summed E-state index contributed by atoms with van der Waals surface area (Å²) in [7, 11) is 1.60. The van der Waals surface area contributed by atoms with Crippen LogP contribution in [0, 0.1) is 5.92 Å². The second kappa shape index (κ2) is 7.67. The van der Waals surface area contributed by atoms with Crippen LogP contribution in [0.3, 0.4) is 0 Å². The number of nitrogens with one attached hydrogen (secondary N) is 1. The summed E-state index contributed by atoms with van der Waals surface area (Å²) in [6, 6.07) is 3.55. The normalized spacial score (nSPS) is 17.8. The Morgan fingerprint density at radius 3 is 3.17 bits per heavy atom. The monoisotopic (exact) mass is 347 g/mol. The molecule has 0 radical (unpaired) electrons. The smallest absolute Gasteiger partial charge is 0.257 e. The average Bonchev–Trinajstić information content (AvgIpc) is 3.02. The molecule has 3 rings (SSSR count). The highest BCUT2D eigenvalue weighted by Gasteiger charge is 2.19. The van der Waals surface area contributed by atoms with Crippen LogP contribution in [-0.2, 0) is 11.3 Å². The highest BCUT2D eigenvalue weighted by Crippen LogP contribution is 2.22. The maximum Gasteiger partial charge on any atom is 0.257 e. The number of anilines is 2. The molecule has 7 nitrogen and oxygen atoms in total. The molecule has 0 saturated carbocycles. The number of carbonyl (C=O) groups is 1. The van der Waals surface area contributed by atoms with E-state index in [1.54, 1.807) is 19.4 Å². The Balaban J connectivity index is 1.69. The lowest BCUT2D eigenvalue weighted by molar-refractivity contribution is 0.102. The number of methoxy groups -OCH3 is 1. The van der Waals surface area contributed by atoms with Gasteiger partial charge in [0.25, 0.3) is 5.91 Å². The van der Waals surface area contributed by atoms with E-state index >= 15 is 0 Å². The van der Waals surface area contributed by atoms with Crippen molar-refractivity contribution in [2.24, 2.45) is 5.92 Å². The molecule has 2 aromatic rings. The van der Waals surface area contributed by atoms with Gasteiger partial charge in [0.2, 0.25) is 5.13 Å². The number of rotatable bonds is 5. The van der Waals surface area contributed by atoms with Crippen LogP contribution in [0.15, 0.2) is 18.3 Å². The van der Waals surface area contributed by atoms with E-state index in [9.17, 15) is 4.79 Å². The van der Waals surface area contributed by atoms with Crippen LogP contribution in [0.2, 0.25) is 0 Å². The van der Waals surface area contributed by atoms with Crippen molar-refractivity contribution in [2.75, 3.05) is 30.4 Å². The number of hydrogen-bond donors (Lipinski definition) is 1. The minimum absolute atomic E-state index is 0.205. The lowest BCUT2D eigenvalue weighted by Gasteiger charge is -2.31. The molecule has 0 bridgehead atoms. The quantitative estimate of drug-likeness (QED) is 0.895. The molecule has 0 unspecified atom stereocenters. The van der Waals surface area contributed by atoms with Gasteiger partial charge >= 0.3 is 0 Å². The summed E-state index contributed by atoms with van der Waals surface area (Å²) in [6.45, 7) is 4.60. The fourth-order valence-electron chi connectivity index (χ4n) is 2.79. The number of carbonyl (C=O) groups excluding carboxylic acids is 1. The van der Waals surface area contributed by atoms with Gasteiger partial charge in [-0.2, -0.15) is 0 Å². The van der Waals surface area contributed by atoms with E-state index in [1.165, 1.54) is 17.8 Å². The molecule has 1 N–H and O–H groups in total. The Hall–Kier alpha value is -2.06. The third-order valence-corrected chi connectivity index (χ3v) is 4.76. The number of hydrogen-bond acceptors (Lipinski definition) is 7. The standard InChI is InChI=1S/C16H21N5O2S/c1-11-4-3-7-21(9-11)13-8-12(5-6-17-13)15(22)18-16-20-19-14(24-16)10-23-2/h5-6,8,11H,3-4,7,9-10H2,1-2H3,(H,18,20,22)/t11-/m1/s1. The Kier molecular flexibility index (Phi) is 5.37. The van der Waals surface area contributed by atoms with Crippen LogP contribution in [0.25, 0.3) is 0 Å². The summed E-state index contributed by atoms with van der Waals surface area (Å²) in [5.41, 5.74) is 0.571. The molecule has 1 fully saturated rings. The molecule has 24 heavy (non-hydrogen) atoms. The van der Waals surface area contributed by atoms with Gasteiger partial charge in [0.15, 0.2) is 0 Å². The molecule has 0 aromatic carbocycles. The van der Waals surface area contributed by atoms with Crippen molar-refractivity contribution in [1.82, 2.24) is 15.2 Å². The molecule has 2 aromatic heterocycles. The molecule has 0 spiro atoms. The Bertz CT molecular complexity index is 705. The van der Waals surface area contributed by atoms with Crippen molar-refractivity contribution in [3.8, 4) is 0 Å². The molecule has 1 aliphatic rings. The van der Waals surface area contributed by atoms with Gasteiger partial charge in [-0.25, -0.2) is 4.98 Å². The number of pyridine rings is 1. The van der Waals surface area contributed by atoms with E-state index in [0.717, 1.165) is 30.3 Å².